The van der Waals surface area contributed by atoms with Crippen molar-refractivity contribution >= 4 is 5.91 Å². The Labute approximate surface area is 138 Å². The predicted octanol–water partition coefficient (Wildman–Crippen LogP) is 2.96. The first-order valence-electron chi connectivity index (χ1n) is 8.83. The lowest BCUT2D eigenvalue weighted by molar-refractivity contribution is -0.139. The van der Waals surface area contributed by atoms with Crippen LogP contribution in [0.2, 0.25) is 0 Å². The van der Waals surface area contributed by atoms with Gasteiger partial charge >= 0.3 is 0 Å². The molecule has 0 aromatic carbocycles. The van der Waals surface area contributed by atoms with Crippen molar-refractivity contribution in [2.45, 2.75) is 58.5 Å². The number of carbonyl (C=O) groups is 1. The minimum Gasteiger partial charge on any atom is -0.368 e. The zero-order valence-electron chi connectivity index (χ0n) is 14.3. The summed E-state index contributed by atoms with van der Waals surface area (Å²) in [5.41, 5.74) is 1.84. The number of nitrogens with zero attached hydrogens (tertiary/aromatic N) is 3. The lowest BCUT2D eigenvalue weighted by Crippen LogP contribution is -2.42. The fourth-order valence-corrected chi connectivity index (χ4v) is 3.75. The zero-order valence-corrected chi connectivity index (χ0v) is 14.3. The normalized spacial score (nSPS) is 22.5. The molecule has 1 atom stereocenters. The molecule has 1 aromatic heterocycles. The third kappa shape index (κ3) is 4.28. The predicted molar refractivity (Wildman–Crippen MR) is 88.0 cm³/mol. The maximum absolute atomic E-state index is 12.5. The molecule has 0 bridgehead atoms. The average molecular weight is 317 g/mol. The van der Waals surface area contributed by atoms with Crippen molar-refractivity contribution in [2.24, 2.45) is 5.92 Å². The second-order valence-electron chi connectivity index (χ2n) is 6.87. The second kappa shape index (κ2) is 7.39. The molecule has 1 saturated heterocycles. The van der Waals surface area contributed by atoms with Gasteiger partial charge in [0, 0.05) is 18.7 Å². The number of ether oxygens (including phenoxy) is 1. The quantitative estimate of drug-likeness (QED) is 0.857. The Morgan fingerprint density at radius 2 is 2.09 bits per heavy atom. The molecular formula is C18H27N3O2. The fourth-order valence-electron chi connectivity index (χ4n) is 3.75. The van der Waals surface area contributed by atoms with Crippen LogP contribution < -0.4 is 0 Å². The SMILES string of the molecule is Cc1cc(C2CN(C(=O)CCC3CCCC3)CCO2)nc(C)n1. The van der Waals surface area contributed by atoms with E-state index in [2.05, 4.69) is 9.97 Å². The van der Waals surface area contributed by atoms with Crippen LogP contribution in [0.4, 0.5) is 0 Å². The van der Waals surface area contributed by atoms with Gasteiger partial charge in [-0.2, -0.15) is 0 Å². The van der Waals surface area contributed by atoms with Crippen molar-refractivity contribution in [3.8, 4) is 0 Å². The van der Waals surface area contributed by atoms with Crippen LogP contribution in [-0.2, 0) is 9.53 Å². The van der Waals surface area contributed by atoms with Crippen LogP contribution in [0.25, 0.3) is 0 Å². The highest BCUT2D eigenvalue weighted by atomic mass is 16.5. The number of hydrogen-bond acceptors (Lipinski definition) is 4. The number of amides is 1. The molecule has 0 radical (unpaired) electrons. The van der Waals surface area contributed by atoms with E-state index >= 15 is 0 Å². The third-order valence-electron chi connectivity index (χ3n) is 4.98. The van der Waals surface area contributed by atoms with Gasteiger partial charge in [0.2, 0.25) is 5.91 Å². The Morgan fingerprint density at radius 1 is 1.30 bits per heavy atom. The summed E-state index contributed by atoms with van der Waals surface area (Å²) >= 11 is 0. The van der Waals surface area contributed by atoms with E-state index in [9.17, 15) is 4.79 Å². The van der Waals surface area contributed by atoms with Crippen LogP contribution in [-0.4, -0.2) is 40.5 Å². The summed E-state index contributed by atoms with van der Waals surface area (Å²) in [5.74, 6) is 1.80. The van der Waals surface area contributed by atoms with Crippen LogP contribution in [0.15, 0.2) is 6.07 Å². The molecule has 1 saturated carbocycles. The summed E-state index contributed by atoms with van der Waals surface area (Å²) in [6.07, 6.45) is 6.89. The van der Waals surface area contributed by atoms with Gasteiger partial charge in [0.15, 0.2) is 0 Å². The maximum atomic E-state index is 12.5. The highest BCUT2D eigenvalue weighted by Gasteiger charge is 2.27. The van der Waals surface area contributed by atoms with E-state index in [0.29, 0.717) is 26.1 Å². The minimum atomic E-state index is -0.125. The minimum absolute atomic E-state index is 0.125. The number of hydrogen-bond donors (Lipinski definition) is 0. The number of rotatable bonds is 4. The van der Waals surface area contributed by atoms with E-state index in [1.165, 1.54) is 25.7 Å². The second-order valence-corrected chi connectivity index (χ2v) is 6.87. The summed E-state index contributed by atoms with van der Waals surface area (Å²) in [6.45, 7) is 5.75. The van der Waals surface area contributed by atoms with Crippen LogP contribution in [0, 0.1) is 19.8 Å². The first-order valence-corrected chi connectivity index (χ1v) is 8.83. The van der Waals surface area contributed by atoms with E-state index in [1.807, 2.05) is 24.8 Å². The van der Waals surface area contributed by atoms with E-state index < -0.39 is 0 Å². The van der Waals surface area contributed by atoms with Gasteiger partial charge in [-0.25, -0.2) is 9.97 Å². The third-order valence-corrected chi connectivity index (χ3v) is 4.98. The van der Waals surface area contributed by atoms with E-state index in [4.69, 9.17) is 4.74 Å². The van der Waals surface area contributed by atoms with Crippen molar-refractivity contribution in [1.82, 2.24) is 14.9 Å². The molecule has 0 N–H and O–H groups in total. The molecule has 2 heterocycles. The molecule has 3 rings (SSSR count). The van der Waals surface area contributed by atoms with Gasteiger partial charge in [0.1, 0.15) is 11.9 Å². The molecule has 0 spiro atoms. The highest BCUT2D eigenvalue weighted by molar-refractivity contribution is 5.76. The molecule has 1 aromatic rings. The van der Waals surface area contributed by atoms with Gasteiger partial charge in [-0.1, -0.05) is 25.7 Å². The lowest BCUT2D eigenvalue weighted by atomic mass is 10.0. The van der Waals surface area contributed by atoms with Gasteiger partial charge in [-0.15, -0.1) is 0 Å². The van der Waals surface area contributed by atoms with Crippen LogP contribution in [0.3, 0.4) is 0 Å². The molecule has 2 fully saturated rings. The number of carbonyl (C=O) groups excluding carboxylic acids is 1. The number of aromatic nitrogens is 2. The molecule has 1 amide bonds. The maximum Gasteiger partial charge on any atom is 0.222 e. The molecule has 2 aliphatic rings. The summed E-state index contributed by atoms with van der Waals surface area (Å²) in [4.78, 5) is 23.3. The molecule has 1 aliphatic heterocycles. The summed E-state index contributed by atoms with van der Waals surface area (Å²) in [5, 5.41) is 0. The zero-order chi connectivity index (χ0) is 16.2. The topological polar surface area (TPSA) is 55.3 Å². The van der Waals surface area contributed by atoms with Crippen molar-refractivity contribution in [2.75, 3.05) is 19.7 Å². The van der Waals surface area contributed by atoms with Gasteiger partial charge < -0.3 is 9.64 Å². The first-order chi connectivity index (χ1) is 11.1. The fraction of sp³-hybridized carbons (Fsp3) is 0.722. The largest absolute Gasteiger partial charge is 0.368 e. The summed E-state index contributed by atoms with van der Waals surface area (Å²) in [6, 6.07) is 1.96. The molecule has 1 aliphatic carbocycles. The van der Waals surface area contributed by atoms with E-state index in [0.717, 1.165) is 29.6 Å². The monoisotopic (exact) mass is 317 g/mol. The van der Waals surface area contributed by atoms with E-state index in [-0.39, 0.29) is 12.0 Å². The van der Waals surface area contributed by atoms with E-state index in [1.54, 1.807) is 0 Å². The van der Waals surface area contributed by atoms with Crippen LogP contribution in [0.1, 0.15) is 61.8 Å². The van der Waals surface area contributed by atoms with Crippen molar-refractivity contribution in [3.05, 3.63) is 23.3 Å². The van der Waals surface area contributed by atoms with Gasteiger partial charge in [0.05, 0.1) is 18.8 Å². The van der Waals surface area contributed by atoms with Gasteiger partial charge in [-0.05, 0) is 32.3 Å². The van der Waals surface area contributed by atoms with Crippen molar-refractivity contribution in [3.63, 3.8) is 0 Å². The van der Waals surface area contributed by atoms with Gasteiger partial charge in [0.25, 0.3) is 0 Å². The molecule has 5 nitrogen and oxygen atoms in total. The van der Waals surface area contributed by atoms with Gasteiger partial charge in [-0.3, -0.25) is 4.79 Å². The molecule has 23 heavy (non-hydrogen) atoms. The molecule has 5 heteroatoms. The molecular weight excluding hydrogens is 290 g/mol. The lowest BCUT2D eigenvalue weighted by Gasteiger charge is -2.33. The summed E-state index contributed by atoms with van der Waals surface area (Å²) in [7, 11) is 0. The highest BCUT2D eigenvalue weighted by Crippen LogP contribution is 2.29. The Hall–Kier alpha value is -1.49. The smallest absolute Gasteiger partial charge is 0.222 e. The number of aryl methyl sites for hydroxylation is 2. The Balaban J connectivity index is 1.57. The Morgan fingerprint density at radius 3 is 2.83 bits per heavy atom. The first kappa shape index (κ1) is 16.4. The number of morpholine rings is 1. The standard InChI is InChI=1S/C18H27N3O2/c1-13-11-16(20-14(2)19-13)17-12-21(9-10-23-17)18(22)8-7-15-5-3-4-6-15/h11,15,17H,3-10,12H2,1-2H3. The molecule has 126 valence electrons. The van der Waals surface area contributed by atoms with Crippen molar-refractivity contribution in [1.29, 1.82) is 0 Å². The van der Waals surface area contributed by atoms with Crippen molar-refractivity contribution < 1.29 is 9.53 Å². The molecule has 1 unspecified atom stereocenters. The van der Waals surface area contributed by atoms with Crippen LogP contribution in [0.5, 0.6) is 0 Å². The Kier molecular flexibility index (Phi) is 5.26. The average Bonchev–Trinajstić information content (AvgIpc) is 3.05. The van der Waals surface area contributed by atoms with Crippen LogP contribution >= 0.6 is 0 Å². The summed E-state index contributed by atoms with van der Waals surface area (Å²) < 4.78 is 5.85. The Bertz CT molecular complexity index is 535.